The van der Waals surface area contributed by atoms with Gasteiger partial charge in [0.25, 0.3) is 0 Å². The van der Waals surface area contributed by atoms with Gasteiger partial charge in [0, 0.05) is 0 Å². The third kappa shape index (κ3) is 2.97. The molecule has 0 bridgehead atoms. The highest BCUT2D eigenvalue weighted by Gasteiger charge is 2.30. The first-order valence-electron chi connectivity index (χ1n) is 7.20. The molecule has 24 heavy (non-hydrogen) atoms. The molecule has 1 aromatic heterocycles. The normalized spacial score (nSPS) is 11.7. The summed E-state index contributed by atoms with van der Waals surface area (Å²) < 4.78 is 38.0. The molecule has 3 aromatic rings. The van der Waals surface area contributed by atoms with E-state index in [0.717, 1.165) is 28.1 Å². The second-order valence-corrected chi connectivity index (χ2v) is 6.55. The Labute approximate surface area is 141 Å². The van der Waals surface area contributed by atoms with Crippen molar-refractivity contribution < 1.29 is 13.2 Å². The number of nitrogen functional groups attached to an aromatic ring is 2. The second-order valence-electron chi connectivity index (χ2n) is 5.53. The molecule has 0 aliphatic heterocycles. The van der Waals surface area contributed by atoms with E-state index in [1.807, 2.05) is 31.2 Å². The number of halogens is 3. The molecule has 2 aromatic carbocycles. The summed E-state index contributed by atoms with van der Waals surface area (Å²) in [6, 6.07) is 12.8. The number of hydrogen-bond donors (Lipinski definition) is 2. The van der Waals surface area contributed by atoms with Crippen molar-refractivity contribution in [3.05, 3.63) is 59.7 Å². The lowest BCUT2D eigenvalue weighted by atomic mass is 10.1. The number of alkyl halides is 3. The fourth-order valence-corrected chi connectivity index (χ4v) is 3.55. The van der Waals surface area contributed by atoms with Crippen molar-refractivity contribution in [2.45, 2.75) is 13.1 Å². The minimum Gasteiger partial charge on any atom is -0.396 e. The Kier molecular flexibility index (Phi) is 4.01. The lowest BCUT2D eigenvalue weighted by Crippen LogP contribution is -2.04. The van der Waals surface area contributed by atoms with E-state index in [-0.39, 0.29) is 0 Å². The van der Waals surface area contributed by atoms with E-state index in [0.29, 0.717) is 21.8 Å². The van der Waals surface area contributed by atoms with Crippen LogP contribution in [0.1, 0.15) is 11.1 Å². The molecule has 6 heteroatoms. The molecule has 0 fully saturated rings. The standard InChI is InChI=1S/C18H15F3N2S/c1-10-2-4-11(5-3-10)16-14(22)15(23)17(24-16)12-6-8-13(9-7-12)18(19,20)21/h2-9H,22-23H2,1H3. The monoisotopic (exact) mass is 348 g/mol. The molecule has 4 N–H and O–H groups in total. The van der Waals surface area contributed by atoms with Gasteiger partial charge in [-0.1, -0.05) is 42.0 Å². The van der Waals surface area contributed by atoms with Gasteiger partial charge in [-0.2, -0.15) is 13.2 Å². The first kappa shape index (κ1) is 16.4. The molecule has 1 heterocycles. The van der Waals surface area contributed by atoms with E-state index in [2.05, 4.69) is 0 Å². The van der Waals surface area contributed by atoms with Gasteiger partial charge < -0.3 is 11.5 Å². The lowest BCUT2D eigenvalue weighted by molar-refractivity contribution is -0.137. The fraction of sp³-hybridized carbons (Fsp3) is 0.111. The molecule has 0 amide bonds. The van der Waals surface area contributed by atoms with Gasteiger partial charge in [0.2, 0.25) is 0 Å². The number of rotatable bonds is 2. The lowest BCUT2D eigenvalue weighted by Gasteiger charge is -2.07. The van der Waals surface area contributed by atoms with Gasteiger partial charge in [-0.25, -0.2) is 0 Å². The van der Waals surface area contributed by atoms with Crippen LogP contribution in [0.2, 0.25) is 0 Å². The van der Waals surface area contributed by atoms with Crippen molar-refractivity contribution in [1.29, 1.82) is 0 Å². The number of hydrogen-bond acceptors (Lipinski definition) is 3. The molecule has 0 saturated carbocycles. The molecule has 0 atom stereocenters. The highest BCUT2D eigenvalue weighted by Crippen LogP contribution is 2.46. The zero-order chi connectivity index (χ0) is 17.5. The largest absolute Gasteiger partial charge is 0.416 e. The van der Waals surface area contributed by atoms with E-state index in [4.69, 9.17) is 11.5 Å². The smallest absolute Gasteiger partial charge is 0.396 e. The molecular formula is C18H15F3N2S. The quantitative estimate of drug-likeness (QED) is 0.636. The number of nitrogens with two attached hydrogens (primary N) is 2. The number of aryl methyl sites for hydroxylation is 1. The molecule has 3 rings (SSSR count). The Morgan fingerprint density at radius 2 is 1.17 bits per heavy atom. The van der Waals surface area contributed by atoms with Crippen LogP contribution in [0.5, 0.6) is 0 Å². The Hall–Kier alpha value is -2.47. The summed E-state index contributed by atoms with van der Waals surface area (Å²) in [7, 11) is 0. The SMILES string of the molecule is Cc1ccc(-c2sc(-c3ccc(C(F)(F)F)cc3)c(N)c2N)cc1. The second kappa shape index (κ2) is 5.87. The summed E-state index contributed by atoms with van der Waals surface area (Å²) in [5.41, 5.74) is 15.1. The summed E-state index contributed by atoms with van der Waals surface area (Å²) in [5, 5.41) is 0. The average molecular weight is 348 g/mol. The minimum atomic E-state index is -4.36. The Morgan fingerprint density at radius 1 is 0.750 bits per heavy atom. The first-order chi connectivity index (χ1) is 11.3. The molecule has 0 unspecified atom stereocenters. The zero-order valence-electron chi connectivity index (χ0n) is 12.8. The Morgan fingerprint density at radius 3 is 1.58 bits per heavy atom. The Balaban J connectivity index is 2.03. The van der Waals surface area contributed by atoms with Crippen LogP contribution < -0.4 is 11.5 Å². The summed E-state index contributed by atoms with van der Waals surface area (Å²) >= 11 is 1.38. The van der Waals surface area contributed by atoms with Crippen molar-refractivity contribution in [2.24, 2.45) is 0 Å². The van der Waals surface area contributed by atoms with Crippen molar-refractivity contribution in [3.63, 3.8) is 0 Å². The summed E-state index contributed by atoms with van der Waals surface area (Å²) in [5.74, 6) is 0. The molecule has 0 aliphatic rings. The van der Waals surface area contributed by atoms with Gasteiger partial charge in [-0.3, -0.25) is 0 Å². The van der Waals surface area contributed by atoms with Crippen LogP contribution in [0.3, 0.4) is 0 Å². The predicted molar refractivity (Wildman–Crippen MR) is 93.8 cm³/mol. The van der Waals surface area contributed by atoms with Gasteiger partial charge in [0.15, 0.2) is 0 Å². The van der Waals surface area contributed by atoms with Crippen LogP contribution in [0.25, 0.3) is 20.9 Å². The fourth-order valence-electron chi connectivity index (χ4n) is 2.40. The summed E-state index contributed by atoms with van der Waals surface area (Å²) in [6.45, 7) is 1.99. The number of thiophene rings is 1. The summed E-state index contributed by atoms with van der Waals surface area (Å²) in [4.78, 5) is 1.50. The van der Waals surface area contributed by atoms with Gasteiger partial charge in [-0.15, -0.1) is 11.3 Å². The molecular weight excluding hydrogens is 333 g/mol. The topological polar surface area (TPSA) is 52.0 Å². The highest BCUT2D eigenvalue weighted by molar-refractivity contribution is 7.20. The highest BCUT2D eigenvalue weighted by atomic mass is 32.1. The van der Waals surface area contributed by atoms with Gasteiger partial charge >= 0.3 is 6.18 Å². The van der Waals surface area contributed by atoms with Crippen molar-refractivity contribution in [2.75, 3.05) is 11.5 Å². The molecule has 0 aliphatic carbocycles. The van der Waals surface area contributed by atoms with Crippen LogP contribution in [0.15, 0.2) is 48.5 Å². The third-order valence-corrected chi connectivity index (χ3v) is 5.09. The van der Waals surface area contributed by atoms with Crippen molar-refractivity contribution in [3.8, 4) is 20.9 Å². The average Bonchev–Trinajstić information content (AvgIpc) is 2.84. The Bertz CT molecular complexity index is 863. The molecule has 0 saturated heterocycles. The predicted octanol–water partition coefficient (Wildman–Crippen LogP) is 5.57. The molecule has 2 nitrogen and oxygen atoms in total. The summed E-state index contributed by atoms with van der Waals surface area (Å²) in [6.07, 6.45) is -4.36. The van der Waals surface area contributed by atoms with Crippen LogP contribution in [0, 0.1) is 6.92 Å². The number of benzene rings is 2. The molecule has 124 valence electrons. The van der Waals surface area contributed by atoms with E-state index in [1.54, 1.807) is 0 Å². The van der Waals surface area contributed by atoms with E-state index >= 15 is 0 Å². The van der Waals surface area contributed by atoms with Crippen LogP contribution in [-0.4, -0.2) is 0 Å². The number of anilines is 2. The first-order valence-corrected chi connectivity index (χ1v) is 8.01. The van der Waals surface area contributed by atoms with Crippen LogP contribution in [-0.2, 0) is 6.18 Å². The van der Waals surface area contributed by atoms with E-state index in [1.165, 1.54) is 23.5 Å². The maximum atomic E-state index is 12.7. The molecule has 0 spiro atoms. The van der Waals surface area contributed by atoms with E-state index in [9.17, 15) is 13.2 Å². The van der Waals surface area contributed by atoms with Gasteiger partial charge in [0.05, 0.1) is 26.7 Å². The minimum absolute atomic E-state index is 0.398. The van der Waals surface area contributed by atoms with E-state index < -0.39 is 11.7 Å². The third-order valence-electron chi connectivity index (χ3n) is 3.77. The maximum absolute atomic E-state index is 12.7. The zero-order valence-corrected chi connectivity index (χ0v) is 13.6. The van der Waals surface area contributed by atoms with Crippen LogP contribution in [0.4, 0.5) is 24.5 Å². The van der Waals surface area contributed by atoms with Crippen molar-refractivity contribution >= 4 is 22.7 Å². The van der Waals surface area contributed by atoms with Crippen molar-refractivity contribution in [1.82, 2.24) is 0 Å². The van der Waals surface area contributed by atoms with Gasteiger partial charge in [0.1, 0.15) is 0 Å². The maximum Gasteiger partial charge on any atom is 0.416 e. The van der Waals surface area contributed by atoms with Crippen LogP contribution >= 0.6 is 11.3 Å². The van der Waals surface area contributed by atoms with Gasteiger partial charge in [-0.05, 0) is 30.2 Å². The molecule has 0 radical (unpaired) electrons.